The van der Waals surface area contributed by atoms with Crippen LogP contribution in [0.4, 0.5) is 4.79 Å². The van der Waals surface area contributed by atoms with Gasteiger partial charge in [-0.3, -0.25) is 0 Å². The van der Waals surface area contributed by atoms with Crippen molar-refractivity contribution in [2.24, 2.45) is 0 Å². The maximum absolute atomic E-state index is 12.9. The van der Waals surface area contributed by atoms with Crippen LogP contribution in [-0.2, 0) is 18.9 Å². The summed E-state index contributed by atoms with van der Waals surface area (Å²) in [7, 11) is 0. The Morgan fingerprint density at radius 2 is 1.38 bits per heavy atom. The molecule has 0 spiro atoms. The number of carbonyl (C=O) groups excluding carboxylic acids is 1. The first kappa shape index (κ1) is 15.2. The minimum absolute atomic E-state index is 0.0633. The molecule has 0 aromatic heterocycles. The number of rotatable bonds is 4. The fourth-order valence-electron chi connectivity index (χ4n) is 3.84. The predicted molar refractivity (Wildman–Crippen MR) is 74.2 cm³/mol. The number of carbonyl (C=O) groups is 1. The maximum atomic E-state index is 12.9. The molecule has 120 valence electrons. The summed E-state index contributed by atoms with van der Waals surface area (Å²) in [4.78, 5) is 12.9. The molecule has 3 rings (SSSR count). The van der Waals surface area contributed by atoms with E-state index in [4.69, 9.17) is 18.9 Å². The summed E-state index contributed by atoms with van der Waals surface area (Å²) in [5.41, 5.74) is 0. The average molecular weight is 300 g/mol. The van der Waals surface area contributed by atoms with Gasteiger partial charge in [0.15, 0.2) is 0 Å². The minimum Gasteiger partial charge on any atom is -0.420 e. The molecule has 3 atom stereocenters. The molecule has 3 aliphatic heterocycles. The third-order valence-electron chi connectivity index (χ3n) is 4.73. The zero-order chi connectivity index (χ0) is 14.7. The Morgan fingerprint density at radius 3 is 1.67 bits per heavy atom. The lowest BCUT2D eigenvalue weighted by atomic mass is 10.1. The van der Waals surface area contributed by atoms with Crippen LogP contribution in [0, 0.1) is 0 Å². The Morgan fingerprint density at radius 1 is 0.952 bits per heavy atom. The summed E-state index contributed by atoms with van der Waals surface area (Å²) in [6, 6.07) is 0. The zero-order valence-electron chi connectivity index (χ0n) is 12.8. The maximum Gasteiger partial charge on any atom is 0.522 e. The van der Waals surface area contributed by atoms with E-state index in [-0.39, 0.29) is 29.3 Å². The SMILES string of the molecule is CCOC(=O)[N+](C1CCCO1)(C1CCCO1)C1CCCO1. The van der Waals surface area contributed by atoms with Gasteiger partial charge in [0.1, 0.15) is 0 Å². The van der Waals surface area contributed by atoms with Crippen molar-refractivity contribution in [3.8, 4) is 0 Å². The number of nitrogens with zero attached hydrogens (tertiary/aromatic N) is 1. The highest BCUT2D eigenvalue weighted by Crippen LogP contribution is 2.40. The molecule has 0 N–H and O–H groups in total. The molecule has 3 unspecified atom stereocenters. The highest BCUT2D eigenvalue weighted by molar-refractivity contribution is 5.60. The lowest BCUT2D eigenvalue weighted by Gasteiger charge is -2.44. The average Bonchev–Trinajstić information content (AvgIpc) is 3.25. The monoisotopic (exact) mass is 300 g/mol. The first-order valence-electron chi connectivity index (χ1n) is 8.20. The van der Waals surface area contributed by atoms with Crippen molar-refractivity contribution in [2.45, 2.75) is 64.1 Å². The summed E-state index contributed by atoms with van der Waals surface area (Å²) in [5.74, 6) is 0. The van der Waals surface area contributed by atoms with E-state index >= 15 is 0 Å². The fraction of sp³-hybridized carbons (Fsp3) is 0.933. The normalized spacial score (nSPS) is 35.8. The molecule has 0 aliphatic carbocycles. The van der Waals surface area contributed by atoms with Gasteiger partial charge in [0.05, 0.1) is 26.4 Å². The first-order chi connectivity index (χ1) is 10.3. The second-order valence-corrected chi connectivity index (χ2v) is 5.94. The van der Waals surface area contributed by atoms with Gasteiger partial charge in [-0.2, -0.15) is 4.79 Å². The number of ether oxygens (including phenoxy) is 4. The van der Waals surface area contributed by atoms with Crippen LogP contribution in [0.1, 0.15) is 45.4 Å². The van der Waals surface area contributed by atoms with Crippen molar-refractivity contribution < 1.29 is 28.2 Å². The molecule has 3 aliphatic rings. The van der Waals surface area contributed by atoms with E-state index in [2.05, 4.69) is 0 Å². The van der Waals surface area contributed by atoms with Gasteiger partial charge in [-0.15, -0.1) is 4.48 Å². The topological polar surface area (TPSA) is 54.0 Å². The van der Waals surface area contributed by atoms with E-state index in [0.717, 1.165) is 38.5 Å². The minimum atomic E-state index is -0.247. The summed E-state index contributed by atoms with van der Waals surface area (Å²) in [6.45, 7) is 4.30. The number of hydrogen-bond acceptors (Lipinski definition) is 5. The molecular weight excluding hydrogens is 274 g/mol. The molecular formula is C15H26NO5+. The van der Waals surface area contributed by atoms with Gasteiger partial charge >= 0.3 is 6.09 Å². The van der Waals surface area contributed by atoms with Crippen molar-refractivity contribution in [3.63, 3.8) is 0 Å². The van der Waals surface area contributed by atoms with Crippen LogP contribution in [0.15, 0.2) is 0 Å². The van der Waals surface area contributed by atoms with Gasteiger partial charge in [-0.1, -0.05) is 0 Å². The molecule has 0 saturated carbocycles. The largest absolute Gasteiger partial charge is 0.522 e. The van der Waals surface area contributed by atoms with Crippen LogP contribution in [0.25, 0.3) is 0 Å². The van der Waals surface area contributed by atoms with Gasteiger partial charge in [-0.25, -0.2) is 0 Å². The van der Waals surface area contributed by atoms with Crippen LogP contribution < -0.4 is 0 Å². The van der Waals surface area contributed by atoms with Crippen LogP contribution in [0.2, 0.25) is 0 Å². The molecule has 6 nitrogen and oxygen atoms in total. The second-order valence-electron chi connectivity index (χ2n) is 5.94. The second kappa shape index (κ2) is 6.60. The van der Waals surface area contributed by atoms with Crippen molar-refractivity contribution in [1.82, 2.24) is 0 Å². The zero-order valence-corrected chi connectivity index (χ0v) is 12.8. The molecule has 3 fully saturated rings. The lowest BCUT2D eigenvalue weighted by Crippen LogP contribution is -2.69. The number of amides is 1. The van der Waals surface area contributed by atoms with Crippen molar-refractivity contribution in [1.29, 1.82) is 0 Å². The van der Waals surface area contributed by atoms with Crippen LogP contribution in [0.5, 0.6) is 0 Å². The molecule has 6 heteroatoms. The summed E-state index contributed by atoms with van der Waals surface area (Å²) < 4.78 is 23.3. The highest BCUT2D eigenvalue weighted by Gasteiger charge is 2.61. The lowest BCUT2D eigenvalue weighted by molar-refractivity contribution is -0.982. The molecule has 21 heavy (non-hydrogen) atoms. The summed E-state index contributed by atoms with van der Waals surface area (Å²) in [5, 5.41) is 0. The molecule has 3 heterocycles. The molecule has 0 aromatic rings. The smallest absolute Gasteiger partial charge is 0.420 e. The quantitative estimate of drug-likeness (QED) is 0.746. The van der Waals surface area contributed by atoms with Crippen LogP contribution in [-0.4, -0.2) is 55.7 Å². The third-order valence-corrected chi connectivity index (χ3v) is 4.73. The van der Waals surface area contributed by atoms with E-state index in [9.17, 15) is 4.79 Å². The van der Waals surface area contributed by atoms with Gasteiger partial charge < -0.3 is 18.9 Å². The van der Waals surface area contributed by atoms with Gasteiger partial charge in [0.2, 0.25) is 18.7 Å². The molecule has 0 bridgehead atoms. The standard InChI is InChI=1S/C15H26NO5/c1-2-18-15(17)16(12-6-3-9-19-12,13-7-4-10-20-13)14-8-5-11-21-14/h12-14H,2-11H2,1H3/q+1. The Balaban J connectivity index is 1.96. The van der Waals surface area contributed by atoms with E-state index in [0.29, 0.717) is 26.4 Å². The predicted octanol–water partition coefficient (Wildman–Crippen LogP) is 2.37. The van der Waals surface area contributed by atoms with E-state index in [1.54, 1.807) is 0 Å². The van der Waals surface area contributed by atoms with E-state index < -0.39 is 0 Å². The first-order valence-corrected chi connectivity index (χ1v) is 8.20. The van der Waals surface area contributed by atoms with E-state index in [1.807, 2.05) is 6.92 Å². The molecule has 0 aromatic carbocycles. The van der Waals surface area contributed by atoms with Gasteiger partial charge in [0, 0.05) is 19.3 Å². The van der Waals surface area contributed by atoms with Crippen LogP contribution >= 0.6 is 0 Å². The number of quaternary nitrogens is 1. The fourth-order valence-corrected chi connectivity index (χ4v) is 3.84. The summed E-state index contributed by atoms with van der Waals surface area (Å²) >= 11 is 0. The summed E-state index contributed by atoms with van der Waals surface area (Å²) in [6.07, 6.45) is 4.66. The molecule has 0 radical (unpaired) electrons. The molecule has 3 saturated heterocycles. The Kier molecular flexibility index (Phi) is 4.78. The van der Waals surface area contributed by atoms with E-state index in [1.165, 1.54) is 0 Å². The molecule has 1 amide bonds. The third kappa shape index (κ3) is 2.59. The van der Waals surface area contributed by atoms with Gasteiger partial charge in [0.25, 0.3) is 0 Å². The Bertz CT molecular complexity index is 316. The van der Waals surface area contributed by atoms with Crippen molar-refractivity contribution in [3.05, 3.63) is 0 Å². The Hall–Kier alpha value is -0.690. The van der Waals surface area contributed by atoms with Crippen molar-refractivity contribution >= 4 is 6.09 Å². The van der Waals surface area contributed by atoms with Crippen LogP contribution in [0.3, 0.4) is 0 Å². The Labute approximate surface area is 125 Å². The van der Waals surface area contributed by atoms with Gasteiger partial charge in [-0.05, 0) is 26.2 Å². The van der Waals surface area contributed by atoms with Crippen molar-refractivity contribution in [2.75, 3.05) is 26.4 Å². The number of hydrogen-bond donors (Lipinski definition) is 0. The highest BCUT2D eigenvalue weighted by atomic mass is 16.6.